The smallest absolute Gasteiger partial charge is 0.274 e. The molecule has 3 N–H and O–H groups in total. The summed E-state index contributed by atoms with van der Waals surface area (Å²) in [7, 11) is 3.70. The summed E-state index contributed by atoms with van der Waals surface area (Å²) in [5.41, 5.74) is 1.37. The lowest BCUT2D eigenvalue weighted by Crippen LogP contribution is -2.32. The molecule has 4 aromatic rings. The van der Waals surface area contributed by atoms with Crippen LogP contribution in [0.3, 0.4) is 0 Å². The monoisotopic (exact) mass is 505 g/mol. The predicted molar refractivity (Wildman–Crippen MR) is 136 cm³/mol. The molecule has 0 aliphatic rings. The number of nitrogens with zero attached hydrogens (tertiary/aromatic N) is 3. The molecule has 190 valence electrons. The Bertz CT molecular complexity index is 1440. The lowest BCUT2D eigenvalue weighted by Gasteiger charge is -2.14. The molecule has 0 aliphatic heterocycles. The second-order valence-electron chi connectivity index (χ2n) is 8.72. The lowest BCUT2D eigenvalue weighted by atomic mass is 10.0. The van der Waals surface area contributed by atoms with Gasteiger partial charge in [-0.25, -0.2) is 13.8 Å². The average molecular weight is 506 g/mol. The van der Waals surface area contributed by atoms with E-state index >= 15 is 0 Å². The Morgan fingerprint density at radius 1 is 0.919 bits per heavy atom. The van der Waals surface area contributed by atoms with Gasteiger partial charge < -0.3 is 20.6 Å². The number of carbonyl (C=O) groups is 2. The van der Waals surface area contributed by atoms with Crippen LogP contribution in [0.4, 0.5) is 14.5 Å². The zero-order valence-corrected chi connectivity index (χ0v) is 20.3. The summed E-state index contributed by atoms with van der Waals surface area (Å²) in [6, 6.07) is 12.8. The van der Waals surface area contributed by atoms with E-state index in [4.69, 9.17) is 0 Å². The largest absolute Gasteiger partial charge is 0.504 e. The van der Waals surface area contributed by atoms with Crippen LogP contribution in [0.2, 0.25) is 0 Å². The molecule has 0 unspecified atom stereocenters. The van der Waals surface area contributed by atoms with Crippen molar-refractivity contribution in [2.75, 3.05) is 32.5 Å². The van der Waals surface area contributed by atoms with E-state index in [1.165, 1.54) is 42.6 Å². The summed E-state index contributed by atoms with van der Waals surface area (Å²) in [6.07, 6.45) is 1.90. The number of hydrogen-bond acceptors (Lipinski definition) is 6. The highest BCUT2D eigenvalue weighted by Gasteiger charge is 2.24. The maximum atomic E-state index is 13.3. The number of nitrogens with one attached hydrogen (secondary N) is 2. The lowest BCUT2D eigenvalue weighted by molar-refractivity contribution is 0.0943. The number of likely N-dealkylation sites (N-methyl/N-ethyl adjacent to an activating group) is 1. The fraction of sp³-hybridized carbons (Fsp3) is 0.185. The Morgan fingerprint density at radius 3 is 2.22 bits per heavy atom. The fourth-order valence-corrected chi connectivity index (χ4v) is 3.68. The van der Waals surface area contributed by atoms with Gasteiger partial charge in [-0.05, 0) is 74.1 Å². The molecular formula is C27H25F2N5O3. The first-order valence-electron chi connectivity index (χ1n) is 11.5. The molecule has 0 aliphatic carbocycles. The molecule has 2 aromatic heterocycles. The van der Waals surface area contributed by atoms with Crippen molar-refractivity contribution in [3.8, 4) is 5.75 Å². The molecular weight excluding hydrogens is 480 g/mol. The number of hydrogen-bond donors (Lipinski definition) is 3. The number of anilines is 1. The Balaban J connectivity index is 1.75. The van der Waals surface area contributed by atoms with E-state index in [0.29, 0.717) is 30.8 Å². The summed E-state index contributed by atoms with van der Waals surface area (Å²) in [5.74, 6) is -2.60. The second-order valence-corrected chi connectivity index (χ2v) is 8.72. The number of carbonyl (C=O) groups excluding carboxylic acids is 2. The van der Waals surface area contributed by atoms with Crippen molar-refractivity contribution in [2.45, 2.75) is 6.42 Å². The molecule has 0 spiro atoms. The number of rotatable bonds is 8. The maximum Gasteiger partial charge on any atom is 0.274 e. The quantitative estimate of drug-likeness (QED) is 0.337. The molecule has 0 fully saturated rings. The van der Waals surface area contributed by atoms with E-state index in [1.54, 1.807) is 18.2 Å². The van der Waals surface area contributed by atoms with Crippen LogP contribution >= 0.6 is 0 Å². The first-order chi connectivity index (χ1) is 17.7. The highest BCUT2D eigenvalue weighted by Crippen LogP contribution is 2.30. The number of fused-ring (bicyclic) bond motifs is 1. The van der Waals surface area contributed by atoms with Gasteiger partial charge in [-0.3, -0.25) is 14.6 Å². The minimum Gasteiger partial charge on any atom is -0.504 e. The summed E-state index contributed by atoms with van der Waals surface area (Å²) in [6.45, 7) is 0.856. The van der Waals surface area contributed by atoms with E-state index in [-0.39, 0.29) is 28.1 Å². The molecule has 2 heterocycles. The zero-order valence-electron chi connectivity index (χ0n) is 20.3. The first kappa shape index (κ1) is 25.6. The number of pyridine rings is 2. The van der Waals surface area contributed by atoms with Gasteiger partial charge >= 0.3 is 0 Å². The van der Waals surface area contributed by atoms with Crippen molar-refractivity contribution in [3.05, 3.63) is 94.9 Å². The van der Waals surface area contributed by atoms with Crippen LogP contribution in [0.1, 0.15) is 32.1 Å². The highest BCUT2D eigenvalue weighted by molar-refractivity contribution is 6.13. The van der Waals surface area contributed by atoms with Crippen molar-refractivity contribution in [3.63, 3.8) is 0 Å². The average Bonchev–Trinajstić information content (AvgIpc) is 2.86. The van der Waals surface area contributed by atoms with Crippen LogP contribution in [0, 0.1) is 11.6 Å². The third kappa shape index (κ3) is 6.22. The van der Waals surface area contributed by atoms with E-state index < -0.39 is 23.4 Å². The molecule has 10 heteroatoms. The predicted octanol–water partition coefficient (Wildman–Crippen LogP) is 3.75. The topological polar surface area (TPSA) is 107 Å². The number of aromatic nitrogens is 2. The molecule has 4 rings (SSSR count). The van der Waals surface area contributed by atoms with Gasteiger partial charge in [-0.1, -0.05) is 12.1 Å². The van der Waals surface area contributed by atoms with Crippen LogP contribution in [0.15, 0.2) is 60.8 Å². The summed E-state index contributed by atoms with van der Waals surface area (Å²) >= 11 is 0. The maximum absolute atomic E-state index is 13.3. The summed E-state index contributed by atoms with van der Waals surface area (Å²) in [5, 5.41) is 16.4. The molecule has 8 nitrogen and oxygen atoms in total. The first-order valence-corrected chi connectivity index (χ1v) is 11.5. The van der Waals surface area contributed by atoms with Crippen molar-refractivity contribution >= 4 is 28.4 Å². The Morgan fingerprint density at radius 2 is 1.57 bits per heavy atom. The number of benzene rings is 2. The highest BCUT2D eigenvalue weighted by atomic mass is 19.1. The van der Waals surface area contributed by atoms with Gasteiger partial charge in [0.15, 0.2) is 11.4 Å². The molecule has 0 radical (unpaired) electrons. The van der Waals surface area contributed by atoms with Gasteiger partial charge in [0.2, 0.25) is 0 Å². The molecule has 0 atom stereocenters. The molecule has 0 saturated heterocycles. The van der Waals surface area contributed by atoms with E-state index in [1.807, 2.05) is 19.0 Å². The van der Waals surface area contributed by atoms with Crippen molar-refractivity contribution in [1.29, 1.82) is 0 Å². The molecule has 0 saturated carbocycles. The zero-order chi connectivity index (χ0) is 26.5. The van der Waals surface area contributed by atoms with Gasteiger partial charge in [0.25, 0.3) is 11.8 Å². The number of amides is 2. The van der Waals surface area contributed by atoms with Gasteiger partial charge in [0.05, 0.1) is 0 Å². The van der Waals surface area contributed by atoms with Crippen LogP contribution in [-0.2, 0) is 6.42 Å². The second kappa shape index (κ2) is 11.1. The number of aromatic hydroxyl groups is 1. The minimum atomic E-state index is -0.667. The normalized spacial score (nSPS) is 11.1. The van der Waals surface area contributed by atoms with Crippen LogP contribution in [-0.4, -0.2) is 59.0 Å². The molecule has 0 bridgehead atoms. The van der Waals surface area contributed by atoms with Crippen LogP contribution in [0.25, 0.3) is 10.9 Å². The van der Waals surface area contributed by atoms with Gasteiger partial charge in [0.1, 0.15) is 22.8 Å². The van der Waals surface area contributed by atoms with Crippen molar-refractivity contribution in [2.24, 2.45) is 0 Å². The van der Waals surface area contributed by atoms with E-state index in [2.05, 4.69) is 20.6 Å². The Labute approximate surface area is 212 Å². The van der Waals surface area contributed by atoms with Crippen LogP contribution < -0.4 is 10.6 Å². The van der Waals surface area contributed by atoms with Crippen molar-refractivity contribution in [1.82, 2.24) is 20.2 Å². The van der Waals surface area contributed by atoms with E-state index in [9.17, 15) is 23.5 Å². The molecule has 2 aromatic carbocycles. The SMILES string of the molecule is CN(C)CCNC(=O)c1nc(C(=O)Nc2ccc(F)cc2)c2cc(Cc3ccc(F)cc3)cnc2c1O. The summed E-state index contributed by atoms with van der Waals surface area (Å²) in [4.78, 5) is 36.5. The fourth-order valence-electron chi connectivity index (χ4n) is 3.68. The summed E-state index contributed by atoms with van der Waals surface area (Å²) < 4.78 is 26.6. The van der Waals surface area contributed by atoms with Crippen LogP contribution in [0.5, 0.6) is 5.75 Å². The van der Waals surface area contributed by atoms with Gasteiger partial charge in [-0.2, -0.15) is 0 Å². The number of halogens is 2. The Hall–Kier alpha value is -4.44. The van der Waals surface area contributed by atoms with E-state index in [0.717, 1.165) is 5.56 Å². The molecule has 37 heavy (non-hydrogen) atoms. The van der Waals surface area contributed by atoms with Gasteiger partial charge in [0, 0.05) is 30.4 Å². The standard InChI is InChI=1S/C27H25F2N5O3/c1-34(2)12-11-30-26(36)24-25(35)22-21(14-17(15-31-22)13-16-3-5-18(28)6-4-16)23(33-24)27(37)32-20-9-7-19(29)8-10-20/h3-10,14-15,35H,11-13H2,1-2H3,(H,30,36)(H,32,37). The molecule has 2 amide bonds. The third-order valence-electron chi connectivity index (χ3n) is 5.57. The van der Waals surface area contributed by atoms with Crippen molar-refractivity contribution < 1.29 is 23.5 Å². The van der Waals surface area contributed by atoms with Gasteiger partial charge in [-0.15, -0.1) is 0 Å². The minimum absolute atomic E-state index is 0.0277. The third-order valence-corrected chi connectivity index (χ3v) is 5.57. The Kier molecular flexibility index (Phi) is 7.69.